The van der Waals surface area contributed by atoms with Gasteiger partial charge in [-0.15, -0.1) is 0 Å². The monoisotopic (exact) mass is 183 g/mol. The number of ether oxygens (including phenoxy) is 1. The topological polar surface area (TPSA) is 21.3 Å². The molecule has 3 unspecified atom stereocenters. The summed E-state index contributed by atoms with van der Waals surface area (Å²) in [5, 5.41) is 3.49. The van der Waals surface area contributed by atoms with Crippen molar-refractivity contribution in [3.63, 3.8) is 0 Å². The quantitative estimate of drug-likeness (QED) is 0.654. The van der Waals surface area contributed by atoms with Gasteiger partial charge in [0.1, 0.15) is 0 Å². The first kappa shape index (κ1) is 9.47. The van der Waals surface area contributed by atoms with Crippen molar-refractivity contribution >= 4 is 0 Å². The zero-order valence-corrected chi connectivity index (χ0v) is 8.59. The van der Waals surface area contributed by atoms with Gasteiger partial charge in [-0.05, 0) is 43.6 Å². The summed E-state index contributed by atoms with van der Waals surface area (Å²) >= 11 is 0. The van der Waals surface area contributed by atoms with Gasteiger partial charge in [-0.25, -0.2) is 0 Å². The fourth-order valence-electron chi connectivity index (χ4n) is 3.09. The second-order valence-electron chi connectivity index (χ2n) is 4.63. The number of methoxy groups -OCH3 is 1. The van der Waals surface area contributed by atoms with E-state index >= 15 is 0 Å². The molecule has 0 aromatic rings. The zero-order valence-electron chi connectivity index (χ0n) is 8.59. The Morgan fingerprint density at radius 3 is 2.85 bits per heavy atom. The van der Waals surface area contributed by atoms with Gasteiger partial charge >= 0.3 is 0 Å². The average Bonchev–Trinajstić information content (AvgIpc) is 2.73. The van der Waals surface area contributed by atoms with Crippen LogP contribution in [0.15, 0.2) is 0 Å². The van der Waals surface area contributed by atoms with Crippen LogP contribution in [0.5, 0.6) is 0 Å². The van der Waals surface area contributed by atoms with Crippen molar-refractivity contribution in [3.8, 4) is 0 Å². The molecule has 0 saturated heterocycles. The molecule has 0 heterocycles. The van der Waals surface area contributed by atoms with Crippen molar-refractivity contribution in [3.05, 3.63) is 0 Å². The molecule has 0 radical (unpaired) electrons. The maximum absolute atomic E-state index is 5.01. The van der Waals surface area contributed by atoms with Crippen LogP contribution in [-0.4, -0.2) is 26.8 Å². The van der Waals surface area contributed by atoms with Crippen LogP contribution in [0.3, 0.4) is 0 Å². The molecule has 2 aliphatic rings. The normalized spacial score (nSPS) is 37.2. The van der Waals surface area contributed by atoms with Gasteiger partial charge in [0.05, 0.1) is 6.61 Å². The fraction of sp³-hybridized carbons (Fsp3) is 1.00. The molecule has 0 aliphatic heterocycles. The lowest BCUT2D eigenvalue weighted by atomic mass is 9.89. The molecule has 13 heavy (non-hydrogen) atoms. The molecule has 0 spiro atoms. The molecule has 2 fully saturated rings. The Morgan fingerprint density at radius 2 is 2.23 bits per heavy atom. The van der Waals surface area contributed by atoms with Crippen molar-refractivity contribution in [1.29, 1.82) is 0 Å². The van der Waals surface area contributed by atoms with Crippen molar-refractivity contribution in [2.45, 2.75) is 25.7 Å². The Balaban J connectivity index is 1.60. The van der Waals surface area contributed by atoms with Crippen molar-refractivity contribution in [2.75, 3.05) is 26.8 Å². The summed E-state index contributed by atoms with van der Waals surface area (Å²) in [6.45, 7) is 3.09. The molecular formula is C11H21NO. The van der Waals surface area contributed by atoms with E-state index in [1.807, 2.05) is 0 Å². The van der Waals surface area contributed by atoms with Gasteiger partial charge in [-0.1, -0.05) is 6.42 Å². The summed E-state index contributed by atoms with van der Waals surface area (Å²) in [5.41, 5.74) is 0. The maximum Gasteiger partial charge on any atom is 0.0587 e. The molecule has 2 heteroatoms. The molecule has 0 amide bonds. The van der Waals surface area contributed by atoms with Crippen LogP contribution in [-0.2, 0) is 4.74 Å². The maximum atomic E-state index is 5.01. The lowest BCUT2D eigenvalue weighted by Gasteiger charge is -2.21. The van der Waals surface area contributed by atoms with Gasteiger partial charge in [-0.3, -0.25) is 0 Å². The van der Waals surface area contributed by atoms with Crippen LogP contribution in [0.1, 0.15) is 25.7 Å². The van der Waals surface area contributed by atoms with Gasteiger partial charge in [-0.2, -0.15) is 0 Å². The molecule has 76 valence electrons. The highest BCUT2D eigenvalue weighted by molar-refractivity contribution is 4.90. The van der Waals surface area contributed by atoms with Crippen LogP contribution in [0.2, 0.25) is 0 Å². The minimum atomic E-state index is 0.848. The summed E-state index contributed by atoms with van der Waals surface area (Å²) in [4.78, 5) is 0. The van der Waals surface area contributed by atoms with Crippen LogP contribution in [0.4, 0.5) is 0 Å². The number of fused-ring (bicyclic) bond motifs is 2. The average molecular weight is 183 g/mol. The van der Waals surface area contributed by atoms with Gasteiger partial charge < -0.3 is 10.1 Å². The lowest BCUT2D eigenvalue weighted by Crippen LogP contribution is -2.28. The Bertz CT molecular complexity index is 160. The van der Waals surface area contributed by atoms with Crippen LogP contribution in [0.25, 0.3) is 0 Å². The summed E-state index contributed by atoms with van der Waals surface area (Å²) in [7, 11) is 1.76. The summed E-state index contributed by atoms with van der Waals surface area (Å²) in [5.74, 6) is 3.12. The molecule has 2 rings (SSSR count). The summed E-state index contributed by atoms with van der Waals surface area (Å²) < 4.78 is 5.01. The molecule has 0 aromatic carbocycles. The first-order valence-electron chi connectivity index (χ1n) is 5.60. The number of hydrogen-bond acceptors (Lipinski definition) is 2. The van der Waals surface area contributed by atoms with E-state index in [2.05, 4.69) is 5.32 Å². The smallest absolute Gasteiger partial charge is 0.0587 e. The lowest BCUT2D eigenvalue weighted by molar-refractivity contribution is 0.195. The van der Waals surface area contributed by atoms with E-state index in [1.165, 1.54) is 32.2 Å². The highest BCUT2D eigenvalue weighted by Gasteiger charge is 2.38. The molecule has 2 saturated carbocycles. The van der Waals surface area contributed by atoms with Crippen molar-refractivity contribution < 1.29 is 4.74 Å². The Morgan fingerprint density at radius 1 is 1.31 bits per heavy atom. The summed E-state index contributed by atoms with van der Waals surface area (Å²) in [6.07, 6.45) is 6.03. The highest BCUT2D eigenvalue weighted by Crippen LogP contribution is 2.47. The van der Waals surface area contributed by atoms with E-state index in [0.29, 0.717) is 0 Å². The molecule has 3 atom stereocenters. The van der Waals surface area contributed by atoms with Crippen LogP contribution in [0, 0.1) is 17.8 Å². The molecule has 2 bridgehead atoms. The minimum Gasteiger partial charge on any atom is -0.383 e. The fourth-order valence-corrected chi connectivity index (χ4v) is 3.09. The number of rotatable bonds is 5. The van der Waals surface area contributed by atoms with E-state index in [1.54, 1.807) is 7.11 Å². The first-order chi connectivity index (χ1) is 6.40. The molecule has 2 aliphatic carbocycles. The Labute approximate surface area is 81.0 Å². The van der Waals surface area contributed by atoms with Crippen molar-refractivity contribution in [1.82, 2.24) is 5.32 Å². The van der Waals surface area contributed by atoms with Gasteiger partial charge in [0.25, 0.3) is 0 Å². The van der Waals surface area contributed by atoms with Gasteiger partial charge in [0.2, 0.25) is 0 Å². The van der Waals surface area contributed by atoms with E-state index in [4.69, 9.17) is 4.74 Å². The van der Waals surface area contributed by atoms with Crippen LogP contribution < -0.4 is 5.32 Å². The number of nitrogens with one attached hydrogen (secondary N) is 1. The molecule has 1 N–H and O–H groups in total. The third-order valence-electron chi connectivity index (χ3n) is 3.77. The molecule has 2 nitrogen and oxygen atoms in total. The third-order valence-corrected chi connectivity index (χ3v) is 3.77. The SMILES string of the molecule is COCCNCC1CC2CCC1C2. The Hall–Kier alpha value is -0.0800. The van der Waals surface area contributed by atoms with Gasteiger partial charge in [0.15, 0.2) is 0 Å². The van der Waals surface area contributed by atoms with E-state index in [0.717, 1.165) is 30.9 Å². The second kappa shape index (κ2) is 4.43. The van der Waals surface area contributed by atoms with Crippen LogP contribution >= 0.6 is 0 Å². The first-order valence-corrected chi connectivity index (χ1v) is 5.60. The third kappa shape index (κ3) is 2.23. The van der Waals surface area contributed by atoms with E-state index < -0.39 is 0 Å². The number of hydrogen-bond donors (Lipinski definition) is 1. The van der Waals surface area contributed by atoms with E-state index in [9.17, 15) is 0 Å². The van der Waals surface area contributed by atoms with Crippen molar-refractivity contribution in [2.24, 2.45) is 17.8 Å². The highest BCUT2D eigenvalue weighted by atomic mass is 16.5. The predicted octanol–water partition coefficient (Wildman–Crippen LogP) is 1.66. The largest absolute Gasteiger partial charge is 0.383 e. The van der Waals surface area contributed by atoms with E-state index in [-0.39, 0.29) is 0 Å². The van der Waals surface area contributed by atoms with Gasteiger partial charge in [0, 0.05) is 13.7 Å². The second-order valence-corrected chi connectivity index (χ2v) is 4.63. The zero-order chi connectivity index (χ0) is 9.10. The summed E-state index contributed by atoms with van der Waals surface area (Å²) in [6, 6.07) is 0. The molecule has 0 aromatic heterocycles. The predicted molar refractivity (Wildman–Crippen MR) is 53.7 cm³/mol. The Kier molecular flexibility index (Phi) is 3.23. The standard InChI is InChI=1S/C11H21NO/c1-13-5-4-12-8-11-7-9-2-3-10(11)6-9/h9-12H,2-8H2,1H3. The minimum absolute atomic E-state index is 0.848. The molecular weight excluding hydrogens is 162 g/mol.